The molecule has 2 aliphatic heterocycles. The Hall–Kier alpha value is -3.70. The number of aromatic nitrogens is 4. The van der Waals surface area contributed by atoms with Crippen molar-refractivity contribution < 1.29 is 22.4 Å². The van der Waals surface area contributed by atoms with Crippen LogP contribution in [0.4, 0.5) is 34.9 Å². The molecule has 8 nitrogen and oxygen atoms in total. The quantitative estimate of drug-likeness (QED) is 0.349. The second-order valence-electron chi connectivity index (χ2n) is 11.4. The summed E-state index contributed by atoms with van der Waals surface area (Å²) in [5, 5.41) is 5.89. The van der Waals surface area contributed by atoms with Gasteiger partial charge in [0, 0.05) is 37.3 Å². The van der Waals surface area contributed by atoms with E-state index in [0.717, 1.165) is 43.8 Å². The van der Waals surface area contributed by atoms with Gasteiger partial charge in [-0.3, -0.25) is 4.79 Å². The first-order valence-electron chi connectivity index (χ1n) is 14.2. The van der Waals surface area contributed by atoms with Gasteiger partial charge in [-0.2, -0.15) is 13.2 Å². The Morgan fingerprint density at radius 2 is 1.90 bits per heavy atom. The molecule has 2 N–H and O–H groups in total. The molecule has 1 amide bonds. The van der Waals surface area contributed by atoms with Crippen molar-refractivity contribution in [3.8, 4) is 11.3 Å². The SMILES string of the molecule is CC1CCCC1CCn1cc(-c2ccc(F)c(C(F)(F)F)c2)nc1C1CCN(c2ncnc3c2NC(=O)CN3)CC1. The van der Waals surface area contributed by atoms with Gasteiger partial charge in [-0.05, 0) is 49.3 Å². The molecule has 1 saturated heterocycles. The van der Waals surface area contributed by atoms with Gasteiger partial charge in [-0.25, -0.2) is 19.3 Å². The summed E-state index contributed by atoms with van der Waals surface area (Å²) in [7, 11) is 0. The number of benzene rings is 1. The Labute approximate surface area is 235 Å². The summed E-state index contributed by atoms with van der Waals surface area (Å²) >= 11 is 0. The van der Waals surface area contributed by atoms with Crippen molar-refractivity contribution in [3.63, 3.8) is 0 Å². The zero-order valence-electron chi connectivity index (χ0n) is 22.8. The van der Waals surface area contributed by atoms with E-state index in [4.69, 9.17) is 4.98 Å². The maximum atomic E-state index is 14.0. The number of rotatable bonds is 6. The van der Waals surface area contributed by atoms with Gasteiger partial charge in [0.15, 0.2) is 11.6 Å². The highest BCUT2D eigenvalue weighted by atomic mass is 19.4. The summed E-state index contributed by atoms with van der Waals surface area (Å²) in [6, 6.07) is 3.09. The van der Waals surface area contributed by atoms with Crippen molar-refractivity contribution >= 4 is 23.2 Å². The molecule has 41 heavy (non-hydrogen) atoms. The second-order valence-corrected chi connectivity index (χ2v) is 11.4. The van der Waals surface area contributed by atoms with Gasteiger partial charge in [0.25, 0.3) is 0 Å². The monoisotopic (exact) mass is 571 g/mol. The number of amides is 1. The van der Waals surface area contributed by atoms with Crippen LogP contribution in [0.15, 0.2) is 30.7 Å². The fourth-order valence-electron chi connectivity index (χ4n) is 6.49. The number of aryl methyl sites for hydroxylation is 1. The maximum absolute atomic E-state index is 14.0. The van der Waals surface area contributed by atoms with E-state index in [9.17, 15) is 22.4 Å². The fraction of sp³-hybridized carbons (Fsp3) is 0.517. The molecule has 1 saturated carbocycles. The lowest BCUT2D eigenvalue weighted by molar-refractivity contribution is -0.140. The van der Waals surface area contributed by atoms with Crippen molar-refractivity contribution in [2.24, 2.45) is 11.8 Å². The van der Waals surface area contributed by atoms with Crippen LogP contribution in [-0.2, 0) is 17.5 Å². The Morgan fingerprint density at radius 1 is 1.10 bits per heavy atom. The fourth-order valence-corrected chi connectivity index (χ4v) is 6.49. The number of anilines is 3. The molecule has 3 aliphatic rings. The summed E-state index contributed by atoms with van der Waals surface area (Å²) in [6.07, 6.45) is 4.67. The minimum Gasteiger partial charge on any atom is -0.359 e. The predicted molar refractivity (Wildman–Crippen MR) is 147 cm³/mol. The zero-order chi connectivity index (χ0) is 28.7. The molecule has 6 rings (SSSR count). The highest BCUT2D eigenvalue weighted by molar-refractivity contribution is 6.02. The van der Waals surface area contributed by atoms with Crippen LogP contribution in [0.3, 0.4) is 0 Å². The van der Waals surface area contributed by atoms with E-state index in [2.05, 4.69) is 37.0 Å². The highest BCUT2D eigenvalue weighted by Crippen LogP contribution is 2.39. The molecular weight excluding hydrogens is 538 g/mol. The number of carbonyl (C=O) groups excluding carboxylic acids is 1. The number of hydrogen-bond acceptors (Lipinski definition) is 6. The van der Waals surface area contributed by atoms with Gasteiger partial charge in [0.05, 0.1) is 17.8 Å². The molecule has 2 fully saturated rings. The Kier molecular flexibility index (Phi) is 7.33. The Bertz CT molecular complexity index is 1430. The van der Waals surface area contributed by atoms with Gasteiger partial charge in [-0.1, -0.05) is 26.2 Å². The summed E-state index contributed by atoms with van der Waals surface area (Å²) < 4.78 is 56.5. The summed E-state index contributed by atoms with van der Waals surface area (Å²) in [5.74, 6) is 2.04. The minimum atomic E-state index is -4.79. The van der Waals surface area contributed by atoms with E-state index < -0.39 is 17.6 Å². The van der Waals surface area contributed by atoms with Gasteiger partial charge < -0.3 is 20.1 Å². The third-order valence-electron chi connectivity index (χ3n) is 8.82. The number of halogens is 4. The highest BCUT2D eigenvalue weighted by Gasteiger charge is 2.35. The molecular formula is C29H33F4N7O. The number of alkyl halides is 3. The molecule has 0 bridgehead atoms. The third-order valence-corrected chi connectivity index (χ3v) is 8.82. The minimum absolute atomic E-state index is 0.0916. The predicted octanol–water partition coefficient (Wildman–Crippen LogP) is 6.07. The van der Waals surface area contributed by atoms with Crippen molar-refractivity contribution in [1.29, 1.82) is 0 Å². The van der Waals surface area contributed by atoms with Crippen LogP contribution in [0, 0.1) is 17.7 Å². The van der Waals surface area contributed by atoms with E-state index in [1.165, 1.54) is 31.7 Å². The van der Waals surface area contributed by atoms with Crippen molar-refractivity contribution in [1.82, 2.24) is 19.5 Å². The van der Waals surface area contributed by atoms with E-state index in [1.54, 1.807) is 0 Å². The summed E-state index contributed by atoms with van der Waals surface area (Å²) in [4.78, 5) is 27.6. The first-order valence-corrected chi connectivity index (χ1v) is 14.2. The molecule has 2 unspecified atom stereocenters. The van der Waals surface area contributed by atoms with Crippen LogP contribution in [-0.4, -0.2) is 45.1 Å². The molecule has 218 valence electrons. The Balaban J connectivity index is 1.26. The first-order chi connectivity index (χ1) is 19.7. The average Bonchev–Trinajstić information content (AvgIpc) is 3.57. The third kappa shape index (κ3) is 5.60. The molecule has 12 heteroatoms. The number of hydrogen-bond donors (Lipinski definition) is 2. The number of nitrogens with zero attached hydrogens (tertiary/aromatic N) is 5. The summed E-state index contributed by atoms with van der Waals surface area (Å²) in [6.45, 7) is 4.52. The van der Waals surface area contributed by atoms with Crippen molar-refractivity contribution in [3.05, 3.63) is 47.9 Å². The van der Waals surface area contributed by atoms with Crippen LogP contribution < -0.4 is 15.5 Å². The van der Waals surface area contributed by atoms with Crippen LogP contribution in [0.1, 0.15) is 62.8 Å². The topological polar surface area (TPSA) is 88.0 Å². The maximum Gasteiger partial charge on any atom is 0.419 e. The van der Waals surface area contributed by atoms with Crippen molar-refractivity contribution in [2.45, 2.75) is 64.1 Å². The smallest absolute Gasteiger partial charge is 0.359 e. The van der Waals surface area contributed by atoms with E-state index in [0.29, 0.717) is 47.9 Å². The molecule has 1 aromatic carbocycles. The number of imidazole rings is 1. The summed E-state index contributed by atoms with van der Waals surface area (Å²) in [5.41, 5.74) is -0.0327. The number of piperidine rings is 1. The molecule has 2 atom stereocenters. The van der Waals surface area contributed by atoms with Crippen LogP contribution >= 0.6 is 0 Å². The lowest BCUT2D eigenvalue weighted by Crippen LogP contribution is -2.36. The molecule has 0 spiro atoms. The molecule has 3 aromatic rings. The largest absolute Gasteiger partial charge is 0.419 e. The van der Waals surface area contributed by atoms with Crippen molar-refractivity contribution in [2.75, 3.05) is 35.2 Å². The molecule has 2 aromatic heterocycles. The van der Waals surface area contributed by atoms with Crippen LogP contribution in [0.2, 0.25) is 0 Å². The number of carbonyl (C=O) groups is 1. The normalized spacial score (nSPS) is 21.5. The van der Waals surface area contributed by atoms with E-state index >= 15 is 0 Å². The molecule has 1 aliphatic carbocycles. The van der Waals surface area contributed by atoms with Crippen LogP contribution in [0.5, 0.6) is 0 Å². The zero-order valence-corrected chi connectivity index (χ0v) is 22.8. The molecule has 4 heterocycles. The van der Waals surface area contributed by atoms with Gasteiger partial charge >= 0.3 is 6.18 Å². The second kappa shape index (κ2) is 10.9. The number of fused-ring (bicyclic) bond motifs is 1. The van der Waals surface area contributed by atoms with E-state index in [1.807, 2.05) is 6.20 Å². The standard InChI is InChI=1S/C29H33F4N7O/c1-17-3-2-4-18(17)7-12-40-15-23(20-5-6-22(30)21(13-20)29(31,32)33)37-27(40)19-8-10-39(11-9-19)28-25-26(35-16-36-28)34-14-24(41)38-25/h5-6,13,15-19H,2-4,7-12,14H2,1H3,(H,38,41)(H,34,35,36). The average molecular weight is 572 g/mol. The first kappa shape index (κ1) is 27.5. The van der Waals surface area contributed by atoms with E-state index in [-0.39, 0.29) is 23.9 Å². The lowest BCUT2D eigenvalue weighted by atomic mass is 9.94. The lowest BCUT2D eigenvalue weighted by Gasteiger charge is -2.34. The van der Waals surface area contributed by atoms with Gasteiger partial charge in [0.2, 0.25) is 5.91 Å². The number of nitrogens with one attached hydrogen (secondary N) is 2. The van der Waals surface area contributed by atoms with Gasteiger partial charge in [0.1, 0.15) is 23.7 Å². The van der Waals surface area contributed by atoms with Crippen LogP contribution in [0.25, 0.3) is 11.3 Å². The van der Waals surface area contributed by atoms with Gasteiger partial charge in [-0.15, -0.1) is 0 Å². The Morgan fingerprint density at radius 3 is 2.63 bits per heavy atom. The molecule has 0 radical (unpaired) electrons.